The number of hydrogen-bond acceptors (Lipinski definition) is 4. The van der Waals surface area contributed by atoms with Crippen LogP contribution in [0.25, 0.3) is 0 Å². The average Bonchev–Trinajstić information content (AvgIpc) is 2.33. The minimum Gasteiger partial charge on any atom is -0.444 e. The monoisotopic (exact) mass is 248 g/mol. The van der Waals surface area contributed by atoms with Crippen LogP contribution in [0.1, 0.15) is 12.5 Å². The zero-order valence-electron chi connectivity index (χ0n) is 10.2. The highest BCUT2D eigenvalue weighted by Crippen LogP contribution is 2.07. The predicted octanol–water partition coefficient (Wildman–Crippen LogP) is 0.206. The van der Waals surface area contributed by atoms with Crippen molar-refractivity contribution in [3.05, 3.63) is 35.9 Å². The second kappa shape index (κ2) is 5.64. The molecular weight excluding hydrogens is 232 g/mol. The fourth-order valence-electron chi connectivity index (χ4n) is 1.80. The molecular formula is C13H16N2O3. The van der Waals surface area contributed by atoms with Crippen LogP contribution in [0.15, 0.2) is 30.3 Å². The Labute approximate surface area is 106 Å². The number of ether oxygens (including phenoxy) is 1. The van der Waals surface area contributed by atoms with E-state index < -0.39 is 6.23 Å². The van der Waals surface area contributed by atoms with Crippen LogP contribution >= 0.6 is 0 Å². The van der Waals surface area contributed by atoms with Gasteiger partial charge in [-0.15, -0.1) is 0 Å². The van der Waals surface area contributed by atoms with Gasteiger partial charge < -0.3 is 10.1 Å². The van der Waals surface area contributed by atoms with Gasteiger partial charge in [0, 0.05) is 13.5 Å². The van der Waals surface area contributed by atoms with Crippen molar-refractivity contribution in [2.45, 2.75) is 25.6 Å². The maximum absolute atomic E-state index is 11.8. The van der Waals surface area contributed by atoms with Gasteiger partial charge in [0.1, 0.15) is 0 Å². The largest absolute Gasteiger partial charge is 0.444 e. The van der Waals surface area contributed by atoms with Gasteiger partial charge in [0.25, 0.3) is 0 Å². The lowest BCUT2D eigenvalue weighted by molar-refractivity contribution is -0.155. The van der Waals surface area contributed by atoms with Crippen molar-refractivity contribution in [3.63, 3.8) is 0 Å². The summed E-state index contributed by atoms with van der Waals surface area (Å²) in [5.41, 5.74) is 0.964. The number of hydrogen-bond donors (Lipinski definition) is 2. The molecule has 1 aliphatic rings. The average molecular weight is 248 g/mol. The van der Waals surface area contributed by atoms with E-state index in [1.54, 1.807) is 0 Å². The first kappa shape index (κ1) is 12.6. The van der Waals surface area contributed by atoms with Gasteiger partial charge in [0.15, 0.2) is 6.23 Å². The Hall–Kier alpha value is -1.88. The van der Waals surface area contributed by atoms with Crippen LogP contribution in [-0.4, -0.2) is 30.7 Å². The quantitative estimate of drug-likeness (QED) is 0.747. The summed E-state index contributed by atoms with van der Waals surface area (Å²) in [5, 5.41) is 5.78. The van der Waals surface area contributed by atoms with Crippen molar-refractivity contribution in [1.29, 1.82) is 0 Å². The Morgan fingerprint density at radius 1 is 1.39 bits per heavy atom. The third kappa shape index (κ3) is 3.30. The van der Waals surface area contributed by atoms with Gasteiger partial charge in [-0.25, -0.2) is 0 Å². The summed E-state index contributed by atoms with van der Waals surface area (Å²) in [7, 11) is 0. The minimum absolute atomic E-state index is 0.0650. The molecule has 5 heteroatoms. The summed E-state index contributed by atoms with van der Waals surface area (Å²) in [6.07, 6.45) is -0.0633. The fourth-order valence-corrected chi connectivity index (χ4v) is 1.80. The molecule has 2 rings (SSSR count). The van der Waals surface area contributed by atoms with Gasteiger partial charge in [-0.1, -0.05) is 30.3 Å². The van der Waals surface area contributed by atoms with E-state index in [0.29, 0.717) is 13.0 Å². The normalized spacial score (nSPS) is 21.8. The third-order valence-electron chi connectivity index (χ3n) is 2.75. The van der Waals surface area contributed by atoms with Crippen molar-refractivity contribution in [2.24, 2.45) is 0 Å². The molecule has 0 unspecified atom stereocenters. The van der Waals surface area contributed by atoms with Gasteiger partial charge in [0.2, 0.25) is 5.91 Å². The first-order valence-corrected chi connectivity index (χ1v) is 5.89. The van der Waals surface area contributed by atoms with Gasteiger partial charge in [-0.3, -0.25) is 14.9 Å². The van der Waals surface area contributed by atoms with Crippen LogP contribution in [0.3, 0.4) is 0 Å². The van der Waals surface area contributed by atoms with Crippen molar-refractivity contribution >= 4 is 11.9 Å². The van der Waals surface area contributed by atoms with Crippen molar-refractivity contribution < 1.29 is 14.3 Å². The molecule has 1 heterocycles. The summed E-state index contributed by atoms with van der Waals surface area (Å²) in [6, 6.07) is 9.38. The molecule has 18 heavy (non-hydrogen) atoms. The fraction of sp³-hybridized carbons (Fsp3) is 0.385. The topological polar surface area (TPSA) is 67.4 Å². The summed E-state index contributed by atoms with van der Waals surface area (Å²) in [4.78, 5) is 22.6. The van der Waals surface area contributed by atoms with E-state index in [4.69, 9.17) is 4.74 Å². The van der Waals surface area contributed by atoms with E-state index in [9.17, 15) is 9.59 Å². The molecule has 1 aromatic rings. The van der Waals surface area contributed by atoms with Crippen LogP contribution in [0.4, 0.5) is 0 Å². The number of amides is 1. The molecule has 1 aromatic carbocycles. The molecule has 5 nitrogen and oxygen atoms in total. The lowest BCUT2D eigenvalue weighted by Crippen LogP contribution is -2.66. The van der Waals surface area contributed by atoms with E-state index in [1.165, 1.54) is 6.92 Å². The molecule has 0 saturated carbocycles. The first-order chi connectivity index (χ1) is 8.65. The van der Waals surface area contributed by atoms with E-state index in [0.717, 1.165) is 5.56 Å². The van der Waals surface area contributed by atoms with Crippen LogP contribution in [0.2, 0.25) is 0 Å². The molecule has 0 aromatic heterocycles. The number of nitrogens with one attached hydrogen (secondary N) is 2. The van der Waals surface area contributed by atoms with E-state index in [1.807, 2.05) is 30.3 Å². The van der Waals surface area contributed by atoms with Crippen molar-refractivity contribution in [2.75, 3.05) is 6.54 Å². The molecule has 0 aliphatic carbocycles. The standard InChI is InChI=1S/C13H16N2O3/c1-9(16)18-13-11(8-14-13)15-12(17)7-10-5-3-2-4-6-10/h2-6,11,13-14H,7-8H2,1H3,(H,15,17)/t11-,13-/m0/s1. The molecule has 1 fully saturated rings. The molecule has 2 atom stereocenters. The predicted molar refractivity (Wildman–Crippen MR) is 65.6 cm³/mol. The van der Waals surface area contributed by atoms with Gasteiger partial charge >= 0.3 is 5.97 Å². The van der Waals surface area contributed by atoms with Crippen LogP contribution < -0.4 is 10.6 Å². The lowest BCUT2D eigenvalue weighted by Gasteiger charge is -2.37. The number of carbonyl (C=O) groups is 2. The van der Waals surface area contributed by atoms with Crippen LogP contribution in [0, 0.1) is 0 Å². The smallest absolute Gasteiger partial charge is 0.304 e. The second-order valence-electron chi connectivity index (χ2n) is 4.27. The molecule has 0 bridgehead atoms. The maximum atomic E-state index is 11.8. The zero-order chi connectivity index (χ0) is 13.0. The molecule has 1 amide bonds. The van der Waals surface area contributed by atoms with Gasteiger partial charge in [-0.05, 0) is 5.56 Å². The Bertz CT molecular complexity index is 433. The SMILES string of the molecule is CC(=O)O[C@@H]1NC[C@@H]1NC(=O)Cc1ccccc1. The van der Waals surface area contributed by atoms with E-state index >= 15 is 0 Å². The first-order valence-electron chi connectivity index (χ1n) is 5.89. The number of benzene rings is 1. The summed E-state index contributed by atoms with van der Waals surface area (Å²) in [6.45, 7) is 1.97. The Morgan fingerprint density at radius 3 is 2.67 bits per heavy atom. The highest BCUT2D eigenvalue weighted by molar-refractivity contribution is 5.79. The van der Waals surface area contributed by atoms with Crippen molar-refractivity contribution in [1.82, 2.24) is 10.6 Å². The van der Waals surface area contributed by atoms with Crippen LogP contribution in [-0.2, 0) is 20.7 Å². The Balaban J connectivity index is 1.80. The Morgan fingerprint density at radius 2 is 2.11 bits per heavy atom. The second-order valence-corrected chi connectivity index (χ2v) is 4.27. The van der Waals surface area contributed by atoms with E-state index in [-0.39, 0.29) is 17.9 Å². The third-order valence-corrected chi connectivity index (χ3v) is 2.75. The highest BCUT2D eigenvalue weighted by atomic mass is 16.6. The summed E-state index contributed by atoms with van der Waals surface area (Å²) < 4.78 is 4.99. The minimum atomic E-state index is -0.401. The van der Waals surface area contributed by atoms with Crippen LogP contribution in [0.5, 0.6) is 0 Å². The van der Waals surface area contributed by atoms with Gasteiger partial charge in [-0.2, -0.15) is 0 Å². The summed E-state index contributed by atoms with van der Waals surface area (Å²) >= 11 is 0. The zero-order valence-corrected chi connectivity index (χ0v) is 10.2. The number of rotatable bonds is 4. The van der Waals surface area contributed by atoms with Crippen molar-refractivity contribution in [3.8, 4) is 0 Å². The molecule has 1 saturated heterocycles. The molecule has 0 radical (unpaired) electrons. The molecule has 96 valence electrons. The highest BCUT2D eigenvalue weighted by Gasteiger charge is 2.33. The molecule has 0 spiro atoms. The molecule has 2 N–H and O–H groups in total. The lowest BCUT2D eigenvalue weighted by atomic mass is 10.1. The van der Waals surface area contributed by atoms with E-state index in [2.05, 4.69) is 10.6 Å². The maximum Gasteiger partial charge on any atom is 0.304 e. The number of carbonyl (C=O) groups excluding carboxylic acids is 2. The Kier molecular flexibility index (Phi) is 3.94. The summed E-state index contributed by atoms with van der Waals surface area (Å²) in [5.74, 6) is -0.417. The molecule has 1 aliphatic heterocycles. The number of esters is 1. The van der Waals surface area contributed by atoms with Gasteiger partial charge in [0.05, 0.1) is 12.5 Å².